The number of nitrogens with zero attached hydrogens (tertiary/aromatic N) is 1. The third kappa shape index (κ3) is 9.76. The molecule has 0 aliphatic rings. The molecule has 0 aromatic rings. The second kappa shape index (κ2) is 12.6. The van der Waals surface area contributed by atoms with E-state index in [1.54, 1.807) is 4.31 Å². The van der Waals surface area contributed by atoms with Crippen molar-refractivity contribution in [1.82, 2.24) is 4.31 Å². The standard InChI is InChI=1S/C16H35NO2S/c1-4-7-10-13-16-20(18,19)17(14-11-8-5-2)15-12-9-6-3/h4-16H2,1-3H3. The molecule has 0 amide bonds. The van der Waals surface area contributed by atoms with E-state index in [1.807, 2.05) is 0 Å². The number of hydrogen-bond donors (Lipinski definition) is 0. The average Bonchev–Trinajstić information content (AvgIpc) is 2.42. The summed E-state index contributed by atoms with van der Waals surface area (Å²) in [5.41, 5.74) is 0. The third-order valence-electron chi connectivity index (χ3n) is 3.67. The van der Waals surface area contributed by atoms with E-state index >= 15 is 0 Å². The van der Waals surface area contributed by atoms with Gasteiger partial charge in [-0.15, -0.1) is 0 Å². The fraction of sp³-hybridized carbons (Fsp3) is 1.00. The van der Waals surface area contributed by atoms with Crippen LogP contribution in [0.2, 0.25) is 0 Å². The van der Waals surface area contributed by atoms with Gasteiger partial charge in [0.1, 0.15) is 0 Å². The molecule has 0 heterocycles. The predicted molar refractivity (Wildman–Crippen MR) is 88.6 cm³/mol. The molecular formula is C16H35NO2S. The maximum Gasteiger partial charge on any atom is 0.214 e. The van der Waals surface area contributed by atoms with Crippen LogP contribution in [-0.2, 0) is 10.0 Å². The van der Waals surface area contributed by atoms with Gasteiger partial charge in [0.25, 0.3) is 0 Å². The minimum absolute atomic E-state index is 0.339. The van der Waals surface area contributed by atoms with E-state index in [-0.39, 0.29) is 0 Å². The molecule has 0 saturated heterocycles. The van der Waals surface area contributed by atoms with Crippen LogP contribution in [-0.4, -0.2) is 31.6 Å². The van der Waals surface area contributed by atoms with Crippen LogP contribution in [0.25, 0.3) is 0 Å². The van der Waals surface area contributed by atoms with Crippen LogP contribution in [0, 0.1) is 0 Å². The lowest BCUT2D eigenvalue weighted by molar-refractivity contribution is 0.387. The first kappa shape index (κ1) is 19.9. The van der Waals surface area contributed by atoms with Crippen molar-refractivity contribution in [2.45, 2.75) is 85.0 Å². The van der Waals surface area contributed by atoms with Gasteiger partial charge >= 0.3 is 0 Å². The molecule has 0 spiro atoms. The molecule has 0 fully saturated rings. The van der Waals surface area contributed by atoms with E-state index in [1.165, 1.54) is 0 Å². The Labute approximate surface area is 127 Å². The second-order valence-corrected chi connectivity index (χ2v) is 7.78. The summed E-state index contributed by atoms with van der Waals surface area (Å²) in [6, 6.07) is 0. The lowest BCUT2D eigenvalue weighted by Crippen LogP contribution is -2.34. The molecule has 0 unspecified atom stereocenters. The van der Waals surface area contributed by atoms with E-state index in [4.69, 9.17) is 0 Å². The topological polar surface area (TPSA) is 37.4 Å². The lowest BCUT2D eigenvalue weighted by Gasteiger charge is -2.22. The zero-order valence-corrected chi connectivity index (χ0v) is 14.7. The number of hydrogen-bond acceptors (Lipinski definition) is 2. The van der Waals surface area contributed by atoms with Gasteiger partial charge in [0.05, 0.1) is 5.75 Å². The van der Waals surface area contributed by atoms with Crippen molar-refractivity contribution in [3.63, 3.8) is 0 Å². The summed E-state index contributed by atoms with van der Waals surface area (Å²) in [5, 5.41) is 0. The van der Waals surface area contributed by atoms with Crippen molar-refractivity contribution < 1.29 is 8.42 Å². The summed E-state index contributed by atoms with van der Waals surface area (Å²) in [7, 11) is -3.03. The Bertz CT molecular complexity index is 292. The Hall–Kier alpha value is -0.0900. The highest BCUT2D eigenvalue weighted by Crippen LogP contribution is 2.11. The molecule has 20 heavy (non-hydrogen) atoms. The molecule has 0 aromatic heterocycles. The van der Waals surface area contributed by atoms with Crippen LogP contribution in [0.15, 0.2) is 0 Å². The van der Waals surface area contributed by atoms with E-state index in [0.29, 0.717) is 18.8 Å². The first-order chi connectivity index (χ1) is 9.58. The summed E-state index contributed by atoms with van der Waals surface area (Å²) in [6.07, 6.45) is 10.7. The van der Waals surface area contributed by atoms with Crippen LogP contribution in [0.1, 0.15) is 85.0 Å². The Balaban J connectivity index is 4.30. The number of unbranched alkanes of at least 4 members (excludes halogenated alkanes) is 7. The average molecular weight is 306 g/mol. The molecule has 0 bridgehead atoms. The molecule has 0 saturated carbocycles. The highest BCUT2D eigenvalue weighted by Gasteiger charge is 2.20. The van der Waals surface area contributed by atoms with Gasteiger partial charge in [0.2, 0.25) is 10.0 Å². The van der Waals surface area contributed by atoms with Gasteiger partial charge in [0.15, 0.2) is 0 Å². The van der Waals surface area contributed by atoms with Crippen molar-refractivity contribution in [3.8, 4) is 0 Å². The summed E-state index contributed by atoms with van der Waals surface area (Å²) < 4.78 is 26.6. The van der Waals surface area contributed by atoms with Crippen LogP contribution in [0.4, 0.5) is 0 Å². The fourth-order valence-corrected chi connectivity index (χ4v) is 3.95. The smallest absolute Gasteiger partial charge is 0.212 e. The first-order valence-electron chi connectivity index (χ1n) is 8.56. The van der Waals surface area contributed by atoms with E-state index in [2.05, 4.69) is 20.8 Å². The maximum absolute atomic E-state index is 12.4. The molecule has 0 aromatic carbocycles. The van der Waals surface area contributed by atoms with E-state index in [0.717, 1.165) is 64.2 Å². The van der Waals surface area contributed by atoms with Crippen LogP contribution in [0.5, 0.6) is 0 Å². The lowest BCUT2D eigenvalue weighted by atomic mass is 10.2. The highest BCUT2D eigenvalue weighted by molar-refractivity contribution is 7.89. The van der Waals surface area contributed by atoms with Gasteiger partial charge in [-0.2, -0.15) is 0 Å². The Morgan fingerprint density at radius 1 is 0.650 bits per heavy atom. The summed E-state index contributed by atoms with van der Waals surface area (Å²) >= 11 is 0. The van der Waals surface area contributed by atoms with Gasteiger partial charge in [-0.3, -0.25) is 0 Å². The molecule has 0 rings (SSSR count). The molecule has 0 aliphatic heterocycles. The van der Waals surface area contributed by atoms with Gasteiger partial charge in [-0.1, -0.05) is 65.7 Å². The molecule has 0 aliphatic carbocycles. The Morgan fingerprint density at radius 2 is 1.10 bits per heavy atom. The van der Waals surface area contributed by atoms with Crippen molar-refractivity contribution in [2.75, 3.05) is 18.8 Å². The monoisotopic (exact) mass is 305 g/mol. The zero-order chi connectivity index (χ0) is 15.3. The number of sulfonamides is 1. The van der Waals surface area contributed by atoms with Crippen LogP contribution < -0.4 is 0 Å². The third-order valence-corrected chi connectivity index (χ3v) is 5.63. The van der Waals surface area contributed by atoms with Crippen LogP contribution >= 0.6 is 0 Å². The maximum atomic E-state index is 12.4. The van der Waals surface area contributed by atoms with Gasteiger partial charge in [0, 0.05) is 13.1 Å². The summed E-state index contributed by atoms with van der Waals surface area (Å²) in [6.45, 7) is 7.89. The van der Waals surface area contributed by atoms with Gasteiger partial charge in [-0.05, 0) is 19.3 Å². The second-order valence-electron chi connectivity index (χ2n) is 5.69. The van der Waals surface area contributed by atoms with E-state index < -0.39 is 10.0 Å². The molecule has 122 valence electrons. The Kier molecular flexibility index (Phi) is 12.6. The molecule has 0 radical (unpaired) electrons. The molecule has 4 heteroatoms. The first-order valence-corrected chi connectivity index (χ1v) is 10.2. The van der Waals surface area contributed by atoms with Gasteiger partial charge in [-0.25, -0.2) is 12.7 Å². The normalized spacial score (nSPS) is 12.2. The summed E-state index contributed by atoms with van der Waals surface area (Å²) in [5.74, 6) is 0.339. The molecule has 0 atom stereocenters. The van der Waals surface area contributed by atoms with Crippen molar-refractivity contribution in [2.24, 2.45) is 0 Å². The van der Waals surface area contributed by atoms with Crippen LogP contribution in [0.3, 0.4) is 0 Å². The predicted octanol–water partition coefficient (Wildman–Crippen LogP) is 4.58. The van der Waals surface area contributed by atoms with Gasteiger partial charge < -0.3 is 0 Å². The SMILES string of the molecule is CCCCCCS(=O)(=O)N(CCCCC)CCCCC. The Morgan fingerprint density at radius 3 is 1.55 bits per heavy atom. The van der Waals surface area contributed by atoms with Crippen molar-refractivity contribution in [3.05, 3.63) is 0 Å². The fourth-order valence-electron chi connectivity index (χ4n) is 2.31. The molecule has 0 N–H and O–H groups in total. The van der Waals surface area contributed by atoms with Crippen molar-refractivity contribution in [1.29, 1.82) is 0 Å². The van der Waals surface area contributed by atoms with Crippen molar-refractivity contribution >= 4 is 10.0 Å². The largest absolute Gasteiger partial charge is 0.214 e. The molecular weight excluding hydrogens is 270 g/mol. The highest BCUT2D eigenvalue weighted by atomic mass is 32.2. The minimum Gasteiger partial charge on any atom is -0.212 e. The number of rotatable bonds is 14. The molecule has 3 nitrogen and oxygen atoms in total. The summed E-state index contributed by atoms with van der Waals surface area (Å²) in [4.78, 5) is 0. The van der Waals surface area contributed by atoms with E-state index in [9.17, 15) is 8.42 Å². The minimum atomic E-state index is -3.03. The zero-order valence-electron chi connectivity index (χ0n) is 13.9. The quantitative estimate of drug-likeness (QED) is 0.441.